The topological polar surface area (TPSA) is 18.5 Å². The highest BCUT2D eigenvalue weighted by Crippen LogP contribution is 2.47. The normalized spacial score (nSPS) is 11.0. The zero-order valence-corrected chi connectivity index (χ0v) is 15.7. The van der Waals surface area contributed by atoms with E-state index in [1.165, 1.54) is 31.7 Å². The van der Waals surface area contributed by atoms with E-state index in [1.807, 2.05) is 23.5 Å². The Morgan fingerprint density at radius 3 is 2.31 bits per heavy atom. The molecule has 0 spiro atoms. The summed E-state index contributed by atoms with van der Waals surface area (Å²) in [5, 5.41) is 1.28. The maximum Gasteiger partial charge on any atom is 0.127 e. The minimum atomic E-state index is 0.629. The zero-order valence-electron chi connectivity index (χ0n) is 14.9. The molecule has 4 rings (SSSR count). The van der Waals surface area contributed by atoms with Gasteiger partial charge in [-0.3, -0.25) is 0 Å². The number of benzene rings is 3. The lowest BCUT2D eigenvalue weighted by atomic mass is 9.97. The van der Waals surface area contributed by atoms with E-state index in [0.29, 0.717) is 6.61 Å². The van der Waals surface area contributed by atoms with Gasteiger partial charge in [-0.25, -0.2) is 0 Å². The second kappa shape index (κ2) is 7.32. The van der Waals surface area contributed by atoms with Crippen molar-refractivity contribution in [3.63, 3.8) is 0 Å². The van der Waals surface area contributed by atoms with E-state index in [0.717, 1.165) is 11.3 Å². The van der Waals surface area contributed by atoms with Gasteiger partial charge in [-0.1, -0.05) is 54.6 Å². The van der Waals surface area contributed by atoms with Crippen LogP contribution >= 0.6 is 11.3 Å². The summed E-state index contributed by atoms with van der Waals surface area (Å²) in [6.45, 7) is 0.629. The first-order chi connectivity index (χ1) is 12.8. The van der Waals surface area contributed by atoms with E-state index in [2.05, 4.69) is 60.7 Å². The Kier molecular flexibility index (Phi) is 4.74. The third-order valence-corrected chi connectivity index (χ3v) is 5.70. The van der Waals surface area contributed by atoms with Crippen LogP contribution < -0.4 is 4.74 Å². The van der Waals surface area contributed by atoms with Crippen LogP contribution in [0.5, 0.6) is 5.75 Å². The van der Waals surface area contributed by atoms with E-state index >= 15 is 0 Å². The minimum absolute atomic E-state index is 0.629. The molecule has 4 aromatic rings. The van der Waals surface area contributed by atoms with Gasteiger partial charge in [0.05, 0.1) is 13.7 Å². The lowest BCUT2D eigenvalue weighted by Crippen LogP contribution is -1.89. The van der Waals surface area contributed by atoms with Gasteiger partial charge in [0.2, 0.25) is 0 Å². The van der Waals surface area contributed by atoms with Gasteiger partial charge in [-0.15, -0.1) is 11.3 Å². The van der Waals surface area contributed by atoms with Crippen molar-refractivity contribution in [2.45, 2.75) is 6.61 Å². The number of fused-ring (bicyclic) bond motifs is 1. The summed E-state index contributed by atoms with van der Waals surface area (Å²) in [7, 11) is 3.45. The van der Waals surface area contributed by atoms with Crippen molar-refractivity contribution in [3.05, 3.63) is 78.4 Å². The number of methoxy groups -OCH3 is 2. The average Bonchev–Trinajstić information content (AvgIpc) is 3.08. The van der Waals surface area contributed by atoms with E-state index < -0.39 is 0 Å². The third kappa shape index (κ3) is 3.00. The Morgan fingerprint density at radius 1 is 0.808 bits per heavy atom. The molecule has 0 fully saturated rings. The van der Waals surface area contributed by atoms with Crippen LogP contribution in [0.25, 0.3) is 31.7 Å². The molecule has 0 saturated heterocycles. The third-order valence-electron chi connectivity index (χ3n) is 4.50. The quantitative estimate of drug-likeness (QED) is 0.410. The van der Waals surface area contributed by atoms with Crippen molar-refractivity contribution in [3.8, 4) is 27.3 Å². The molecule has 0 aliphatic rings. The smallest absolute Gasteiger partial charge is 0.127 e. The minimum Gasteiger partial charge on any atom is -0.496 e. The number of hydrogen-bond acceptors (Lipinski definition) is 3. The van der Waals surface area contributed by atoms with Crippen LogP contribution in [-0.2, 0) is 11.3 Å². The predicted octanol–water partition coefficient (Wildman–Crippen LogP) is 6.39. The van der Waals surface area contributed by atoms with Crippen molar-refractivity contribution in [1.82, 2.24) is 0 Å². The van der Waals surface area contributed by atoms with Crippen LogP contribution in [0.4, 0.5) is 0 Å². The van der Waals surface area contributed by atoms with Gasteiger partial charge in [0, 0.05) is 33.2 Å². The number of rotatable bonds is 5. The maximum atomic E-state index is 5.63. The summed E-state index contributed by atoms with van der Waals surface area (Å²) in [5.41, 5.74) is 4.78. The lowest BCUT2D eigenvalue weighted by Gasteiger charge is -2.10. The first kappa shape index (κ1) is 16.8. The highest BCUT2D eigenvalue weighted by atomic mass is 32.1. The molecule has 2 nitrogen and oxygen atoms in total. The summed E-state index contributed by atoms with van der Waals surface area (Å²) in [6.07, 6.45) is 0. The second-order valence-electron chi connectivity index (χ2n) is 6.13. The molecular formula is C23H20O2S. The van der Waals surface area contributed by atoms with Gasteiger partial charge in [-0.05, 0) is 29.3 Å². The van der Waals surface area contributed by atoms with Crippen LogP contribution in [0, 0.1) is 0 Å². The largest absolute Gasteiger partial charge is 0.496 e. The van der Waals surface area contributed by atoms with E-state index in [1.54, 1.807) is 14.2 Å². The Labute approximate surface area is 157 Å². The van der Waals surface area contributed by atoms with Crippen LogP contribution in [-0.4, -0.2) is 14.2 Å². The maximum absolute atomic E-state index is 5.63. The molecule has 0 unspecified atom stereocenters. The monoisotopic (exact) mass is 360 g/mol. The SMILES string of the molecule is COCc1ccc(-c2c(-c3ccccc3OC)sc3ccccc23)cc1. The zero-order chi connectivity index (χ0) is 17.9. The Bertz CT molecular complexity index is 1030. The molecule has 1 heterocycles. The van der Waals surface area contributed by atoms with E-state index in [9.17, 15) is 0 Å². The Balaban J connectivity index is 1.95. The molecule has 0 bridgehead atoms. The summed E-state index contributed by atoms with van der Waals surface area (Å²) in [4.78, 5) is 1.24. The fraction of sp³-hybridized carbons (Fsp3) is 0.130. The van der Waals surface area contributed by atoms with Gasteiger partial charge in [0.15, 0.2) is 0 Å². The van der Waals surface area contributed by atoms with E-state index in [-0.39, 0.29) is 0 Å². The van der Waals surface area contributed by atoms with Gasteiger partial charge < -0.3 is 9.47 Å². The summed E-state index contributed by atoms with van der Waals surface area (Å²) < 4.78 is 12.1. The summed E-state index contributed by atoms with van der Waals surface area (Å²) in [6, 6.07) is 25.4. The molecular weight excluding hydrogens is 340 g/mol. The van der Waals surface area contributed by atoms with E-state index in [4.69, 9.17) is 9.47 Å². The van der Waals surface area contributed by atoms with Gasteiger partial charge in [0.1, 0.15) is 5.75 Å². The fourth-order valence-electron chi connectivity index (χ4n) is 3.29. The first-order valence-corrected chi connectivity index (χ1v) is 9.36. The molecule has 0 amide bonds. The molecule has 0 aliphatic carbocycles. The number of hydrogen-bond donors (Lipinski definition) is 0. The van der Waals surface area contributed by atoms with Crippen molar-refractivity contribution in [2.75, 3.05) is 14.2 Å². The molecule has 0 aliphatic heterocycles. The van der Waals surface area contributed by atoms with Crippen molar-refractivity contribution in [1.29, 1.82) is 0 Å². The van der Waals surface area contributed by atoms with Crippen LogP contribution in [0.2, 0.25) is 0 Å². The standard InChI is InChI=1S/C23H20O2S/c1-24-15-16-11-13-17(14-12-16)22-19-8-4-6-10-21(19)26-23(22)18-7-3-5-9-20(18)25-2/h3-14H,15H2,1-2H3. The highest BCUT2D eigenvalue weighted by Gasteiger charge is 2.18. The molecule has 3 heteroatoms. The molecule has 0 saturated carbocycles. The second-order valence-corrected chi connectivity index (χ2v) is 7.18. The van der Waals surface area contributed by atoms with Crippen LogP contribution in [0.3, 0.4) is 0 Å². The van der Waals surface area contributed by atoms with Crippen molar-refractivity contribution >= 4 is 21.4 Å². The summed E-state index contributed by atoms with van der Waals surface area (Å²) >= 11 is 1.81. The molecule has 130 valence electrons. The highest BCUT2D eigenvalue weighted by molar-refractivity contribution is 7.23. The Morgan fingerprint density at radius 2 is 1.54 bits per heavy atom. The number of thiophene rings is 1. The molecule has 0 radical (unpaired) electrons. The fourth-order valence-corrected chi connectivity index (χ4v) is 4.54. The number of ether oxygens (including phenoxy) is 2. The first-order valence-electron chi connectivity index (χ1n) is 8.55. The average molecular weight is 360 g/mol. The van der Waals surface area contributed by atoms with Crippen molar-refractivity contribution < 1.29 is 9.47 Å². The van der Waals surface area contributed by atoms with Gasteiger partial charge in [-0.2, -0.15) is 0 Å². The van der Waals surface area contributed by atoms with Gasteiger partial charge >= 0.3 is 0 Å². The number of para-hydroxylation sites is 1. The molecule has 0 N–H and O–H groups in total. The summed E-state index contributed by atoms with van der Waals surface area (Å²) in [5.74, 6) is 0.899. The lowest BCUT2D eigenvalue weighted by molar-refractivity contribution is 0.185. The molecule has 26 heavy (non-hydrogen) atoms. The molecule has 0 atom stereocenters. The van der Waals surface area contributed by atoms with Gasteiger partial charge in [0.25, 0.3) is 0 Å². The molecule has 1 aromatic heterocycles. The molecule has 3 aromatic carbocycles. The Hall–Kier alpha value is -2.62. The van der Waals surface area contributed by atoms with Crippen LogP contribution in [0.1, 0.15) is 5.56 Å². The van der Waals surface area contributed by atoms with Crippen molar-refractivity contribution in [2.24, 2.45) is 0 Å². The van der Waals surface area contributed by atoms with Crippen LogP contribution in [0.15, 0.2) is 72.8 Å². The predicted molar refractivity (Wildman–Crippen MR) is 110 cm³/mol.